The summed E-state index contributed by atoms with van der Waals surface area (Å²) in [5.41, 5.74) is 1.75. The van der Waals surface area contributed by atoms with Gasteiger partial charge >= 0.3 is 0 Å². The van der Waals surface area contributed by atoms with E-state index in [0.717, 1.165) is 19.4 Å². The average molecular weight is 275 g/mol. The van der Waals surface area contributed by atoms with Gasteiger partial charge in [0.25, 0.3) is 0 Å². The molecule has 0 radical (unpaired) electrons. The SMILES string of the molecule is CNC1C(OCCCc2ccccc2)CCCC1(C)C. The zero-order valence-corrected chi connectivity index (χ0v) is 13.2. The minimum atomic E-state index is 0.344. The first-order valence-corrected chi connectivity index (χ1v) is 7.96. The maximum Gasteiger partial charge on any atom is 0.0733 e. The lowest BCUT2D eigenvalue weighted by molar-refractivity contribution is -0.0354. The van der Waals surface area contributed by atoms with Gasteiger partial charge in [-0.2, -0.15) is 0 Å². The van der Waals surface area contributed by atoms with Crippen LogP contribution >= 0.6 is 0 Å². The highest BCUT2D eigenvalue weighted by Crippen LogP contribution is 2.36. The van der Waals surface area contributed by atoms with Gasteiger partial charge in [-0.25, -0.2) is 0 Å². The average Bonchev–Trinajstić information content (AvgIpc) is 2.44. The van der Waals surface area contributed by atoms with Crippen molar-refractivity contribution in [2.75, 3.05) is 13.7 Å². The third-order valence-corrected chi connectivity index (χ3v) is 4.62. The van der Waals surface area contributed by atoms with E-state index in [-0.39, 0.29) is 0 Å². The lowest BCUT2D eigenvalue weighted by Gasteiger charge is -2.43. The molecule has 1 saturated carbocycles. The number of hydrogen-bond donors (Lipinski definition) is 1. The smallest absolute Gasteiger partial charge is 0.0733 e. The molecule has 1 N–H and O–H groups in total. The molecule has 1 aliphatic carbocycles. The second-order valence-electron chi connectivity index (χ2n) is 6.65. The number of likely N-dealkylation sites (N-methyl/N-ethyl adjacent to an activating group) is 1. The van der Waals surface area contributed by atoms with Crippen molar-refractivity contribution in [3.8, 4) is 0 Å². The predicted octanol–water partition coefficient (Wildman–Crippen LogP) is 3.80. The van der Waals surface area contributed by atoms with Crippen molar-refractivity contribution in [3.05, 3.63) is 35.9 Å². The molecule has 2 heteroatoms. The Morgan fingerprint density at radius 2 is 2.00 bits per heavy atom. The van der Waals surface area contributed by atoms with E-state index in [4.69, 9.17) is 4.74 Å². The first kappa shape index (κ1) is 15.5. The highest BCUT2D eigenvalue weighted by Gasteiger charge is 2.38. The van der Waals surface area contributed by atoms with Gasteiger partial charge in [0, 0.05) is 12.6 Å². The fourth-order valence-corrected chi connectivity index (χ4v) is 3.50. The van der Waals surface area contributed by atoms with Crippen LogP contribution in [0.25, 0.3) is 0 Å². The van der Waals surface area contributed by atoms with Crippen LogP contribution in [0.3, 0.4) is 0 Å². The number of hydrogen-bond acceptors (Lipinski definition) is 2. The molecule has 1 fully saturated rings. The Morgan fingerprint density at radius 1 is 1.25 bits per heavy atom. The van der Waals surface area contributed by atoms with Crippen molar-refractivity contribution >= 4 is 0 Å². The summed E-state index contributed by atoms with van der Waals surface area (Å²) in [6, 6.07) is 11.2. The Morgan fingerprint density at radius 3 is 2.70 bits per heavy atom. The fraction of sp³-hybridized carbons (Fsp3) is 0.667. The van der Waals surface area contributed by atoms with Gasteiger partial charge in [-0.15, -0.1) is 0 Å². The van der Waals surface area contributed by atoms with Gasteiger partial charge in [-0.3, -0.25) is 0 Å². The summed E-state index contributed by atoms with van der Waals surface area (Å²) >= 11 is 0. The van der Waals surface area contributed by atoms with Crippen LogP contribution in [0.15, 0.2) is 30.3 Å². The highest BCUT2D eigenvalue weighted by atomic mass is 16.5. The molecule has 1 aromatic rings. The molecule has 20 heavy (non-hydrogen) atoms. The van der Waals surface area contributed by atoms with Crippen molar-refractivity contribution in [3.63, 3.8) is 0 Å². The van der Waals surface area contributed by atoms with Crippen molar-refractivity contribution in [2.45, 2.75) is 58.1 Å². The minimum absolute atomic E-state index is 0.344. The Bertz CT molecular complexity index is 388. The molecule has 2 nitrogen and oxygen atoms in total. The molecular formula is C18H29NO. The van der Waals surface area contributed by atoms with Gasteiger partial charge in [0.05, 0.1) is 6.10 Å². The van der Waals surface area contributed by atoms with Gasteiger partial charge in [0.1, 0.15) is 0 Å². The van der Waals surface area contributed by atoms with Crippen molar-refractivity contribution in [1.82, 2.24) is 5.32 Å². The Balaban J connectivity index is 1.75. The van der Waals surface area contributed by atoms with Crippen LogP contribution in [0, 0.1) is 5.41 Å². The summed E-state index contributed by atoms with van der Waals surface area (Å²) in [7, 11) is 2.07. The number of nitrogens with one attached hydrogen (secondary N) is 1. The van der Waals surface area contributed by atoms with Crippen LogP contribution in [0.1, 0.15) is 45.1 Å². The highest BCUT2D eigenvalue weighted by molar-refractivity contribution is 5.14. The largest absolute Gasteiger partial charge is 0.377 e. The van der Waals surface area contributed by atoms with Crippen molar-refractivity contribution < 1.29 is 4.74 Å². The summed E-state index contributed by atoms with van der Waals surface area (Å²) in [5, 5.41) is 3.48. The van der Waals surface area contributed by atoms with Gasteiger partial charge in [0.2, 0.25) is 0 Å². The molecule has 1 aliphatic rings. The molecule has 0 aromatic heterocycles. The van der Waals surface area contributed by atoms with Crippen LogP contribution in [0.2, 0.25) is 0 Å². The van der Waals surface area contributed by atoms with Crippen molar-refractivity contribution in [2.24, 2.45) is 5.41 Å². The van der Waals surface area contributed by atoms with Crippen LogP contribution in [-0.2, 0) is 11.2 Å². The molecule has 0 heterocycles. The van der Waals surface area contributed by atoms with E-state index in [1.165, 1.54) is 24.8 Å². The quantitative estimate of drug-likeness (QED) is 0.797. The minimum Gasteiger partial charge on any atom is -0.377 e. The molecule has 2 unspecified atom stereocenters. The third-order valence-electron chi connectivity index (χ3n) is 4.62. The number of ether oxygens (including phenoxy) is 1. The van der Waals surface area contributed by atoms with E-state index in [1.807, 2.05) is 0 Å². The van der Waals surface area contributed by atoms with E-state index < -0.39 is 0 Å². The fourth-order valence-electron chi connectivity index (χ4n) is 3.50. The lowest BCUT2D eigenvalue weighted by Crippen LogP contribution is -2.52. The maximum atomic E-state index is 6.18. The summed E-state index contributed by atoms with van der Waals surface area (Å²) in [6.07, 6.45) is 6.37. The Labute approximate surface area is 123 Å². The van der Waals surface area contributed by atoms with Crippen molar-refractivity contribution in [1.29, 1.82) is 0 Å². The van der Waals surface area contributed by atoms with Crippen LogP contribution < -0.4 is 5.32 Å². The number of rotatable bonds is 6. The van der Waals surface area contributed by atoms with E-state index in [0.29, 0.717) is 17.6 Å². The first-order valence-electron chi connectivity index (χ1n) is 7.96. The van der Waals surface area contributed by atoms with E-state index in [1.54, 1.807) is 0 Å². The first-order chi connectivity index (χ1) is 9.63. The summed E-state index contributed by atoms with van der Waals surface area (Å²) in [6.45, 7) is 5.58. The Kier molecular flexibility index (Phi) is 5.62. The topological polar surface area (TPSA) is 21.3 Å². The van der Waals surface area contributed by atoms with Gasteiger partial charge in [-0.05, 0) is 43.7 Å². The molecule has 0 bridgehead atoms. The third kappa shape index (κ3) is 4.07. The van der Waals surface area contributed by atoms with E-state index in [9.17, 15) is 0 Å². The molecule has 112 valence electrons. The predicted molar refractivity (Wildman–Crippen MR) is 85.0 cm³/mol. The maximum absolute atomic E-state index is 6.18. The summed E-state index contributed by atoms with van der Waals surface area (Å²) in [4.78, 5) is 0. The zero-order chi connectivity index (χ0) is 14.4. The molecule has 2 atom stereocenters. The van der Waals surface area contributed by atoms with Crippen LogP contribution in [0.5, 0.6) is 0 Å². The standard InChI is InChI=1S/C18H29NO/c1-18(2)13-7-12-16(17(18)19-3)20-14-8-11-15-9-5-4-6-10-15/h4-6,9-10,16-17,19H,7-8,11-14H2,1-3H3. The molecule has 0 spiro atoms. The van der Waals surface area contributed by atoms with E-state index >= 15 is 0 Å². The molecule has 0 saturated heterocycles. The van der Waals surface area contributed by atoms with Crippen LogP contribution in [-0.4, -0.2) is 25.8 Å². The second-order valence-corrected chi connectivity index (χ2v) is 6.65. The molecule has 0 aliphatic heterocycles. The Hall–Kier alpha value is -0.860. The molecular weight excluding hydrogens is 246 g/mol. The van der Waals surface area contributed by atoms with E-state index in [2.05, 4.69) is 56.5 Å². The monoisotopic (exact) mass is 275 g/mol. The van der Waals surface area contributed by atoms with Crippen LogP contribution in [0.4, 0.5) is 0 Å². The molecule has 2 rings (SSSR count). The number of benzene rings is 1. The molecule has 1 aromatic carbocycles. The lowest BCUT2D eigenvalue weighted by atomic mass is 9.72. The number of aryl methyl sites for hydroxylation is 1. The normalized spacial score (nSPS) is 25.6. The summed E-state index contributed by atoms with van der Waals surface area (Å²) in [5.74, 6) is 0. The van der Waals surface area contributed by atoms with Gasteiger partial charge in [-0.1, -0.05) is 50.6 Å². The van der Waals surface area contributed by atoms with Gasteiger partial charge < -0.3 is 10.1 Å². The second kappa shape index (κ2) is 7.24. The summed E-state index contributed by atoms with van der Waals surface area (Å²) < 4.78 is 6.18. The zero-order valence-electron chi connectivity index (χ0n) is 13.2. The molecule has 0 amide bonds. The van der Waals surface area contributed by atoms with Gasteiger partial charge in [0.15, 0.2) is 0 Å².